The van der Waals surface area contributed by atoms with E-state index in [0.717, 1.165) is 12.0 Å². The molecule has 2 nitrogen and oxygen atoms in total. The second-order valence-electron chi connectivity index (χ2n) is 5.77. The molecule has 0 spiro atoms. The molecule has 2 aliphatic rings. The highest BCUT2D eigenvalue weighted by atomic mass is 15.1. The van der Waals surface area contributed by atoms with Gasteiger partial charge in [0.1, 0.15) is 0 Å². The van der Waals surface area contributed by atoms with Crippen LogP contribution in [0.4, 0.5) is 0 Å². The summed E-state index contributed by atoms with van der Waals surface area (Å²) in [4.78, 5) is 0. The maximum absolute atomic E-state index is 3.87. The maximum Gasteiger partial charge on any atom is 0.0347 e. The average molecular weight is 210 g/mol. The molecule has 1 aliphatic carbocycles. The molecule has 2 heteroatoms. The third kappa shape index (κ3) is 2.54. The topological polar surface area (TPSA) is 24.1 Å². The minimum atomic E-state index is 0.465. The molecule has 88 valence electrons. The van der Waals surface area contributed by atoms with Crippen LogP contribution in [0.1, 0.15) is 52.4 Å². The smallest absolute Gasteiger partial charge is 0.0347 e. The number of rotatable bonds is 4. The fourth-order valence-corrected chi connectivity index (χ4v) is 3.22. The van der Waals surface area contributed by atoms with Crippen molar-refractivity contribution in [3.05, 3.63) is 0 Å². The van der Waals surface area contributed by atoms with Crippen LogP contribution in [0, 0.1) is 5.92 Å². The van der Waals surface area contributed by atoms with Crippen molar-refractivity contribution in [3.8, 4) is 0 Å². The van der Waals surface area contributed by atoms with Crippen LogP contribution in [0.3, 0.4) is 0 Å². The van der Waals surface area contributed by atoms with E-state index in [2.05, 4.69) is 24.5 Å². The molecule has 0 aromatic heterocycles. The van der Waals surface area contributed by atoms with E-state index >= 15 is 0 Å². The second-order valence-corrected chi connectivity index (χ2v) is 5.77. The van der Waals surface area contributed by atoms with Gasteiger partial charge < -0.3 is 10.6 Å². The first kappa shape index (κ1) is 11.4. The lowest BCUT2D eigenvalue weighted by molar-refractivity contribution is 0.210. The number of hydrogen-bond acceptors (Lipinski definition) is 2. The van der Waals surface area contributed by atoms with Gasteiger partial charge in [-0.15, -0.1) is 0 Å². The van der Waals surface area contributed by atoms with Gasteiger partial charge in [0.2, 0.25) is 0 Å². The monoisotopic (exact) mass is 210 g/mol. The van der Waals surface area contributed by atoms with E-state index < -0.39 is 0 Å². The Balaban J connectivity index is 1.86. The Hall–Kier alpha value is -0.0800. The quantitative estimate of drug-likeness (QED) is 0.744. The highest BCUT2D eigenvalue weighted by molar-refractivity contribution is 5.05. The zero-order valence-electron chi connectivity index (χ0n) is 10.3. The summed E-state index contributed by atoms with van der Waals surface area (Å²) in [6.07, 6.45) is 8.28. The van der Waals surface area contributed by atoms with Crippen LogP contribution in [0.5, 0.6) is 0 Å². The molecule has 1 aliphatic heterocycles. The number of hydrogen-bond donors (Lipinski definition) is 2. The lowest BCUT2D eigenvalue weighted by Gasteiger charge is -2.40. The minimum absolute atomic E-state index is 0.465. The first-order chi connectivity index (χ1) is 7.23. The average Bonchev–Trinajstić information content (AvgIpc) is 2.60. The molecule has 2 unspecified atom stereocenters. The zero-order chi connectivity index (χ0) is 10.7. The van der Waals surface area contributed by atoms with Crippen molar-refractivity contribution in [2.24, 2.45) is 5.92 Å². The van der Waals surface area contributed by atoms with Gasteiger partial charge in [0.15, 0.2) is 0 Å². The van der Waals surface area contributed by atoms with Crippen LogP contribution in [-0.4, -0.2) is 24.7 Å². The summed E-state index contributed by atoms with van der Waals surface area (Å²) in [6.45, 7) is 7.05. The fraction of sp³-hybridized carbons (Fsp3) is 1.00. The van der Waals surface area contributed by atoms with Gasteiger partial charge in [0.05, 0.1) is 0 Å². The standard InChI is InChI=1S/C13H26N2/c1-11(2)6-9-15-13-7-4-3-5-12(13)14-10-8-13/h11-12,14-15H,3-10H2,1-2H3. The van der Waals surface area contributed by atoms with Gasteiger partial charge in [-0.05, 0) is 44.7 Å². The lowest BCUT2D eigenvalue weighted by atomic mass is 9.78. The number of nitrogens with one attached hydrogen (secondary N) is 2. The van der Waals surface area contributed by atoms with Gasteiger partial charge in [-0.3, -0.25) is 0 Å². The molecule has 2 fully saturated rings. The molecule has 2 N–H and O–H groups in total. The molecule has 1 heterocycles. The predicted molar refractivity (Wildman–Crippen MR) is 65.1 cm³/mol. The first-order valence-electron chi connectivity index (χ1n) is 6.71. The lowest BCUT2D eigenvalue weighted by Crippen LogP contribution is -2.55. The molecular weight excluding hydrogens is 184 g/mol. The van der Waals surface area contributed by atoms with Crippen LogP contribution >= 0.6 is 0 Å². The Labute approximate surface area is 94.2 Å². The van der Waals surface area contributed by atoms with Gasteiger partial charge in [-0.2, -0.15) is 0 Å². The molecule has 0 aromatic rings. The summed E-state index contributed by atoms with van der Waals surface area (Å²) in [5.74, 6) is 0.824. The maximum atomic E-state index is 3.87. The fourth-order valence-electron chi connectivity index (χ4n) is 3.22. The molecule has 2 rings (SSSR count). The largest absolute Gasteiger partial charge is 0.312 e. The summed E-state index contributed by atoms with van der Waals surface area (Å²) >= 11 is 0. The van der Waals surface area contributed by atoms with Gasteiger partial charge >= 0.3 is 0 Å². The van der Waals surface area contributed by atoms with Crippen LogP contribution in [0.25, 0.3) is 0 Å². The van der Waals surface area contributed by atoms with E-state index in [4.69, 9.17) is 0 Å². The number of fused-ring (bicyclic) bond motifs is 1. The van der Waals surface area contributed by atoms with Crippen molar-refractivity contribution in [2.75, 3.05) is 13.1 Å². The highest BCUT2D eigenvalue weighted by Gasteiger charge is 2.43. The molecule has 0 amide bonds. The normalized spacial score (nSPS) is 35.8. The summed E-state index contributed by atoms with van der Waals surface area (Å²) in [5, 5.41) is 7.54. The van der Waals surface area contributed by atoms with E-state index in [1.165, 1.54) is 51.6 Å². The summed E-state index contributed by atoms with van der Waals surface area (Å²) < 4.78 is 0. The van der Waals surface area contributed by atoms with Crippen molar-refractivity contribution in [1.29, 1.82) is 0 Å². The van der Waals surface area contributed by atoms with Gasteiger partial charge in [0, 0.05) is 11.6 Å². The minimum Gasteiger partial charge on any atom is -0.312 e. The summed E-state index contributed by atoms with van der Waals surface area (Å²) in [7, 11) is 0. The Bertz CT molecular complexity index is 203. The van der Waals surface area contributed by atoms with E-state index in [1.807, 2.05) is 0 Å². The zero-order valence-corrected chi connectivity index (χ0v) is 10.3. The molecule has 0 radical (unpaired) electrons. The predicted octanol–water partition coefficient (Wildman–Crippen LogP) is 2.30. The molecule has 2 atom stereocenters. The summed E-state index contributed by atoms with van der Waals surface area (Å²) in [5.41, 5.74) is 0.465. The molecule has 0 aromatic carbocycles. The van der Waals surface area contributed by atoms with Crippen LogP contribution in [0.15, 0.2) is 0 Å². The van der Waals surface area contributed by atoms with Crippen LogP contribution < -0.4 is 10.6 Å². The molecule has 0 bridgehead atoms. The second kappa shape index (κ2) is 4.84. The van der Waals surface area contributed by atoms with Gasteiger partial charge in [-0.25, -0.2) is 0 Å². The molecule has 1 saturated heterocycles. The Kier molecular flexibility index (Phi) is 3.68. The van der Waals surface area contributed by atoms with E-state index in [-0.39, 0.29) is 0 Å². The third-order valence-corrected chi connectivity index (χ3v) is 4.19. The first-order valence-corrected chi connectivity index (χ1v) is 6.71. The Morgan fingerprint density at radius 2 is 2.20 bits per heavy atom. The van der Waals surface area contributed by atoms with Crippen LogP contribution in [0.2, 0.25) is 0 Å². The van der Waals surface area contributed by atoms with Crippen molar-refractivity contribution >= 4 is 0 Å². The van der Waals surface area contributed by atoms with Crippen molar-refractivity contribution < 1.29 is 0 Å². The van der Waals surface area contributed by atoms with E-state index in [9.17, 15) is 0 Å². The van der Waals surface area contributed by atoms with Crippen molar-refractivity contribution in [1.82, 2.24) is 10.6 Å². The Morgan fingerprint density at radius 1 is 1.33 bits per heavy atom. The highest BCUT2D eigenvalue weighted by Crippen LogP contribution is 2.34. The van der Waals surface area contributed by atoms with Gasteiger partial charge in [0.25, 0.3) is 0 Å². The van der Waals surface area contributed by atoms with Crippen molar-refractivity contribution in [2.45, 2.75) is 64.0 Å². The SMILES string of the molecule is CC(C)CCNC12CCCCC1NCC2. The Morgan fingerprint density at radius 3 is 3.00 bits per heavy atom. The van der Waals surface area contributed by atoms with Crippen LogP contribution in [-0.2, 0) is 0 Å². The van der Waals surface area contributed by atoms with E-state index in [0.29, 0.717) is 5.54 Å². The molecule has 15 heavy (non-hydrogen) atoms. The third-order valence-electron chi connectivity index (χ3n) is 4.19. The summed E-state index contributed by atoms with van der Waals surface area (Å²) in [6, 6.07) is 0.762. The van der Waals surface area contributed by atoms with E-state index in [1.54, 1.807) is 0 Å². The van der Waals surface area contributed by atoms with Crippen molar-refractivity contribution in [3.63, 3.8) is 0 Å². The molecule has 1 saturated carbocycles. The van der Waals surface area contributed by atoms with Gasteiger partial charge in [-0.1, -0.05) is 26.7 Å². The molecular formula is C13H26N2.